The van der Waals surface area contributed by atoms with Crippen LogP contribution < -0.4 is 5.32 Å². The smallest absolute Gasteiger partial charge is 0.223 e. The quantitative estimate of drug-likeness (QED) is 0.898. The van der Waals surface area contributed by atoms with Crippen molar-refractivity contribution in [1.82, 2.24) is 5.32 Å². The SMILES string of the molecule is O=C(CC1(O)CCCCC1)NC1(c2ccccc2)CCOCC1. The van der Waals surface area contributed by atoms with E-state index in [0.29, 0.717) is 13.2 Å². The molecule has 3 rings (SSSR count). The molecule has 4 heteroatoms. The Morgan fingerprint density at radius 3 is 2.35 bits per heavy atom. The van der Waals surface area contributed by atoms with Crippen LogP contribution in [0.5, 0.6) is 0 Å². The van der Waals surface area contributed by atoms with Gasteiger partial charge in [0.15, 0.2) is 0 Å². The van der Waals surface area contributed by atoms with Gasteiger partial charge in [0.05, 0.1) is 17.6 Å². The first-order chi connectivity index (χ1) is 11.1. The fourth-order valence-electron chi connectivity index (χ4n) is 3.96. The monoisotopic (exact) mass is 317 g/mol. The van der Waals surface area contributed by atoms with E-state index in [-0.39, 0.29) is 17.9 Å². The maximum Gasteiger partial charge on any atom is 0.223 e. The van der Waals surface area contributed by atoms with Crippen molar-refractivity contribution in [1.29, 1.82) is 0 Å². The molecule has 1 aromatic rings. The third-order valence-electron chi connectivity index (χ3n) is 5.33. The molecular formula is C19H27NO3. The average Bonchev–Trinajstić information content (AvgIpc) is 2.56. The molecule has 1 aliphatic carbocycles. The van der Waals surface area contributed by atoms with Crippen molar-refractivity contribution in [3.63, 3.8) is 0 Å². The van der Waals surface area contributed by atoms with Gasteiger partial charge in [-0.25, -0.2) is 0 Å². The maximum absolute atomic E-state index is 12.7. The van der Waals surface area contributed by atoms with Crippen LogP contribution in [0.15, 0.2) is 30.3 Å². The van der Waals surface area contributed by atoms with Gasteiger partial charge in [-0.3, -0.25) is 4.79 Å². The molecule has 0 aromatic heterocycles. The summed E-state index contributed by atoms with van der Waals surface area (Å²) in [6, 6.07) is 10.1. The second-order valence-electron chi connectivity index (χ2n) is 7.07. The van der Waals surface area contributed by atoms with Crippen LogP contribution in [-0.2, 0) is 15.1 Å². The van der Waals surface area contributed by atoms with E-state index in [2.05, 4.69) is 17.4 Å². The second-order valence-corrected chi connectivity index (χ2v) is 7.07. The van der Waals surface area contributed by atoms with Gasteiger partial charge in [0.1, 0.15) is 0 Å². The first-order valence-corrected chi connectivity index (χ1v) is 8.79. The summed E-state index contributed by atoms with van der Waals surface area (Å²) in [6.45, 7) is 1.30. The Bertz CT molecular complexity index is 517. The molecule has 23 heavy (non-hydrogen) atoms. The summed E-state index contributed by atoms with van der Waals surface area (Å²) in [5.74, 6) is -0.0415. The number of hydrogen-bond donors (Lipinski definition) is 2. The van der Waals surface area contributed by atoms with Crippen molar-refractivity contribution in [3.8, 4) is 0 Å². The highest BCUT2D eigenvalue weighted by molar-refractivity contribution is 5.78. The topological polar surface area (TPSA) is 58.6 Å². The molecule has 4 nitrogen and oxygen atoms in total. The molecule has 2 N–H and O–H groups in total. The average molecular weight is 317 g/mol. The molecule has 126 valence electrons. The molecule has 1 aliphatic heterocycles. The van der Waals surface area contributed by atoms with Crippen molar-refractivity contribution in [2.24, 2.45) is 0 Å². The molecule has 0 atom stereocenters. The van der Waals surface area contributed by atoms with Crippen molar-refractivity contribution in [2.45, 2.75) is 62.5 Å². The lowest BCUT2D eigenvalue weighted by Gasteiger charge is -2.40. The molecule has 1 amide bonds. The van der Waals surface area contributed by atoms with Gasteiger partial charge in [0.2, 0.25) is 5.91 Å². The fourth-order valence-corrected chi connectivity index (χ4v) is 3.96. The summed E-state index contributed by atoms with van der Waals surface area (Å²) in [5.41, 5.74) is -0.0419. The van der Waals surface area contributed by atoms with Crippen LogP contribution in [0.3, 0.4) is 0 Å². The molecule has 1 heterocycles. The molecule has 2 fully saturated rings. The van der Waals surface area contributed by atoms with Crippen molar-refractivity contribution >= 4 is 5.91 Å². The lowest BCUT2D eigenvalue weighted by atomic mass is 9.80. The Hall–Kier alpha value is -1.39. The number of hydrogen-bond acceptors (Lipinski definition) is 3. The highest BCUT2D eigenvalue weighted by Crippen LogP contribution is 2.34. The van der Waals surface area contributed by atoms with E-state index in [1.54, 1.807) is 0 Å². The Balaban J connectivity index is 1.72. The summed E-state index contributed by atoms with van der Waals surface area (Å²) in [5, 5.41) is 13.9. The van der Waals surface area contributed by atoms with E-state index in [4.69, 9.17) is 4.74 Å². The fraction of sp³-hybridized carbons (Fsp3) is 0.632. The molecular weight excluding hydrogens is 290 g/mol. The summed E-state index contributed by atoms with van der Waals surface area (Å²) in [7, 11) is 0. The summed E-state index contributed by atoms with van der Waals surface area (Å²) >= 11 is 0. The highest BCUT2D eigenvalue weighted by atomic mass is 16.5. The standard InChI is InChI=1S/C19H27NO3/c21-17(15-18(22)9-5-2-6-10-18)20-19(11-13-23-14-12-19)16-7-3-1-4-8-16/h1,3-4,7-8,22H,2,5-6,9-15H2,(H,20,21). The number of carbonyl (C=O) groups is 1. The molecule has 1 saturated heterocycles. The highest BCUT2D eigenvalue weighted by Gasteiger charge is 2.38. The van der Waals surface area contributed by atoms with E-state index < -0.39 is 5.60 Å². The molecule has 0 spiro atoms. The van der Waals surface area contributed by atoms with E-state index in [1.165, 1.54) is 0 Å². The number of aliphatic hydroxyl groups is 1. The Kier molecular flexibility index (Phi) is 5.02. The Morgan fingerprint density at radius 2 is 1.70 bits per heavy atom. The number of amides is 1. The van der Waals surface area contributed by atoms with Gasteiger partial charge in [0.25, 0.3) is 0 Å². The minimum absolute atomic E-state index is 0.0415. The first kappa shape index (κ1) is 16.5. The largest absolute Gasteiger partial charge is 0.389 e. The number of benzene rings is 1. The van der Waals surface area contributed by atoms with Crippen molar-refractivity contribution < 1.29 is 14.6 Å². The molecule has 1 saturated carbocycles. The lowest BCUT2D eigenvalue weighted by molar-refractivity contribution is -0.130. The zero-order chi connectivity index (χ0) is 16.2. The van der Waals surface area contributed by atoms with Crippen molar-refractivity contribution in [2.75, 3.05) is 13.2 Å². The maximum atomic E-state index is 12.7. The number of rotatable bonds is 4. The van der Waals surface area contributed by atoms with E-state index in [1.807, 2.05) is 18.2 Å². The van der Waals surface area contributed by atoms with Gasteiger partial charge in [-0.05, 0) is 31.2 Å². The van der Waals surface area contributed by atoms with E-state index in [9.17, 15) is 9.90 Å². The van der Waals surface area contributed by atoms with Gasteiger partial charge in [0, 0.05) is 13.2 Å². The third-order valence-corrected chi connectivity index (χ3v) is 5.33. The molecule has 1 aromatic carbocycles. The number of nitrogens with one attached hydrogen (secondary N) is 1. The van der Waals surface area contributed by atoms with Gasteiger partial charge < -0.3 is 15.2 Å². The summed E-state index contributed by atoms with van der Waals surface area (Å²) in [6.07, 6.45) is 6.44. The lowest BCUT2D eigenvalue weighted by Crippen LogP contribution is -2.51. The van der Waals surface area contributed by atoms with Crippen LogP contribution in [0.1, 0.15) is 56.9 Å². The van der Waals surface area contributed by atoms with Crippen LogP contribution in [0.25, 0.3) is 0 Å². The van der Waals surface area contributed by atoms with Gasteiger partial charge in [-0.15, -0.1) is 0 Å². The van der Waals surface area contributed by atoms with Gasteiger partial charge in [-0.2, -0.15) is 0 Å². The van der Waals surface area contributed by atoms with Crippen LogP contribution in [0.4, 0.5) is 0 Å². The minimum atomic E-state index is -0.814. The number of ether oxygens (including phenoxy) is 1. The minimum Gasteiger partial charge on any atom is -0.389 e. The van der Waals surface area contributed by atoms with E-state index in [0.717, 1.165) is 50.5 Å². The van der Waals surface area contributed by atoms with Crippen molar-refractivity contribution in [3.05, 3.63) is 35.9 Å². The normalized spacial score (nSPS) is 23.2. The molecule has 2 aliphatic rings. The Labute approximate surface area is 138 Å². The van der Waals surface area contributed by atoms with Gasteiger partial charge in [-0.1, -0.05) is 49.6 Å². The summed E-state index contributed by atoms with van der Waals surface area (Å²) < 4.78 is 5.50. The predicted molar refractivity (Wildman–Crippen MR) is 89.0 cm³/mol. The number of carbonyl (C=O) groups excluding carboxylic acids is 1. The zero-order valence-corrected chi connectivity index (χ0v) is 13.7. The van der Waals surface area contributed by atoms with Crippen LogP contribution >= 0.6 is 0 Å². The molecule has 0 unspecified atom stereocenters. The predicted octanol–water partition coefficient (Wildman–Crippen LogP) is 2.89. The second kappa shape index (κ2) is 7.02. The van der Waals surface area contributed by atoms with Crippen LogP contribution in [0, 0.1) is 0 Å². The first-order valence-electron chi connectivity index (χ1n) is 8.79. The Morgan fingerprint density at radius 1 is 1.04 bits per heavy atom. The van der Waals surface area contributed by atoms with Gasteiger partial charge >= 0.3 is 0 Å². The van der Waals surface area contributed by atoms with Crippen LogP contribution in [-0.4, -0.2) is 29.8 Å². The summed E-state index contributed by atoms with van der Waals surface area (Å²) in [4.78, 5) is 12.7. The van der Waals surface area contributed by atoms with E-state index >= 15 is 0 Å². The van der Waals surface area contributed by atoms with Crippen LogP contribution in [0.2, 0.25) is 0 Å². The molecule has 0 radical (unpaired) electrons. The zero-order valence-electron chi connectivity index (χ0n) is 13.7. The third kappa shape index (κ3) is 3.93. The molecule has 0 bridgehead atoms.